The number of alkyl halides is 2. The second kappa shape index (κ2) is 5.91. The Morgan fingerprint density at radius 3 is 2.67 bits per heavy atom. The summed E-state index contributed by atoms with van der Waals surface area (Å²) in [4.78, 5) is 14.7. The first-order chi connectivity index (χ1) is 8.53. The van der Waals surface area contributed by atoms with E-state index in [1.165, 1.54) is 20.3 Å². The zero-order valence-corrected chi connectivity index (χ0v) is 9.74. The normalized spacial score (nSPS) is 10.0. The van der Waals surface area contributed by atoms with Crippen LogP contribution in [0.2, 0.25) is 0 Å². The molecule has 0 aliphatic carbocycles. The summed E-state index contributed by atoms with van der Waals surface area (Å²) in [5, 5.41) is 8.88. The molecule has 0 spiro atoms. The number of hydrogen-bond acceptors (Lipinski definition) is 5. The Kier molecular flexibility index (Phi) is 4.54. The number of aromatic nitrogens is 1. The lowest BCUT2D eigenvalue weighted by molar-refractivity contribution is -0.139. The Labute approximate surface area is 102 Å². The molecule has 0 radical (unpaired) electrons. The summed E-state index contributed by atoms with van der Waals surface area (Å²) in [5.41, 5.74) is -0.918. The molecular formula is C11H10F2N2O3. The SMILES string of the molecule is COC(=O)Cc1cc(OC)nc(C(F)F)c1C#N. The Hall–Kier alpha value is -2.23. The highest BCUT2D eigenvalue weighted by Crippen LogP contribution is 2.26. The zero-order chi connectivity index (χ0) is 13.7. The van der Waals surface area contributed by atoms with Crippen molar-refractivity contribution in [2.45, 2.75) is 12.8 Å². The number of carbonyl (C=O) groups is 1. The number of halogens is 2. The monoisotopic (exact) mass is 256 g/mol. The lowest BCUT2D eigenvalue weighted by atomic mass is 10.0. The summed E-state index contributed by atoms with van der Waals surface area (Å²) in [6.45, 7) is 0. The topological polar surface area (TPSA) is 72.2 Å². The van der Waals surface area contributed by atoms with Crippen molar-refractivity contribution in [3.63, 3.8) is 0 Å². The van der Waals surface area contributed by atoms with E-state index >= 15 is 0 Å². The summed E-state index contributed by atoms with van der Waals surface area (Å²) >= 11 is 0. The van der Waals surface area contributed by atoms with Crippen LogP contribution in [0.4, 0.5) is 8.78 Å². The molecule has 0 unspecified atom stereocenters. The van der Waals surface area contributed by atoms with Crippen LogP contribution in [-0.2, 0) is 16.0 Å². The average Bonchev–Trinajstić information content (AvgIpc) is 2.37. The number of carbonyl (C=O) groups excluding carboxylic acids is 1. The number of nitrogens with zero attached hydrogens (tertiary/aromatic N) is 2. The van der Waals surface area contributed by atoms with Crippen molar-refractivity contribution < 1.29 is 23.0 Å². The van der Waals surface area contributed by atoms with Crippen molar-refractivity contribution in [1.29, 1.82) is 5.26 Å². The fraction of sp³-hybridized carbons (Fsp3) is 0.364. The quantitative estimate of drug-likeness (QED) is 0.765. The lowest BCUT2D eigenvalue weighted by Gasteiger charge is -2.10. The zero-order valence-electron chi connectivity index (χ0n) is 9.74. The van der Waals surface area contributed by atoms with Gasteiger partial charge in [0, 0.05) is 6.07 Å². The molecule has 1 heterocycles. The van der Waals surface area contributed by atoms with Crippen LogP contribution in [-0.4, -0.2) is 25.2 Å². The van der Waals surface area contributed by atoms with Gasteiger partial charge < -0.3 is 9.47 Å². The maximum Gasteiger partial charge on any atom is 0.310 e. The molecule has 18 heavy (non-hydrogen) atoms. The molecule has 7 heteroatoms. The third-order valence-electron chi connectivity index (χ3n) is 2.20. The molecule has 0 atom stereocenters. The summed E-state index contributed by atoms with van der Waals surface area (Å²) < 4.78 is 34.7. The molecule has 0 aliphatic rings. The van der Waals surface area contributed by atoms with Gasteiger partial charge in [-0.05, 0) is 5.56 Å². The van der Waals surface area contributed by atoms with E-state index in [9.17, 15) is 13.6 Å². The molecule has 0 aromatic carbocycles. The molecule has 5 nitrogen and oxygen atoms in total. The minimum absolute atomic E-state index is 0.0804. The maximum atomic E-state index is 12.7. The van der Waals surface area contributed by atoms with Crippen molar-refractivity contribution >= 4 is 5.97 Å². The number of pyridine rings is 1. The Morgan fingerprint density at radius 1 is 1.56 bits per heavy atom. The van der Waals surface area contributed by atoms with Crippen LogP contribution in [0.25, 0.3) is 0 Å². The first-order valence-corrected chi connectivity index (χ1v) is 4.86. The van der Waals surface area contributed by atoms with Crippen molar-refractivity contribution in [3.8, 4) is 11.9 Å². The van der Waals surface area contributed by atoms with E-state index in [1.54, 1.807) is 6.07 Å². The van der Waals surface area contributed by atoms with Crippen LogP contribution in [0.1, 0.15) is 23.2 Å². The fourth-order valence-corrected chi connectivity index (χ4v) is 1.35. The van der Waals surface area contributed by atoms with E-state index in [1.807, 2.05) is 0 Å². The van der Waals surface area contributed by atoms with E-state index in [2.05, 4.69) is 9.72 Å². The standard InChI is InChI=1S/C11H10F2N2O3/c1-17-8-3-6(4-9(16)18-2)7(5-14)10(15-8)11(12)13/h3,11H,4H2,1-2H3. The van der Waals surface area contributed by atoms with E-state index in [0.29, 0.717) is 0 Å². The van der Waals surface area contributed by atoms with Crippen LogP contribution >= 0.6 is 0 Å². The van der Waals surface area contributed by atoms with Crippen molar-refractivity contribution in [1.82, 2.24) is 4.98 Å². The highest BCUT2D eigenvalue weighted by molar-refractivity contribution is 5.73. The van der Waals surface area contributed by atoms with Crippen LogP contribution in [0, 0.1) is 11.3 Å². The molecule has 1 rings (SSSR count). The molecule has 0 saturated heterocycles. The maximum absolute atomic E-state index is 12.7. The Bertz CT molecular complexity index is 498. The first kappa shape index (κ1) is 13.8. The van der Waals surface area contributed by atoms with Crippen molar-refractivity contribution in [2.24, 2.45) is 0 Å². The Morgan fingerprint density at radius 2 is 2.22 bits per heavy atom. The summed E-state index contributed by atoms with van der Waals surface area (Å²) in [7, 11) is 2.42. The number of methoxy groups -OCH3 is 2. The van der Waals surface area contributed by atoms with Crippen LogP contribution in [0.3, 0.4) is 0 Å². The molecule has 0 saturated carbocycles. The van der Waals surface area contributed by atoms with Gasteiger partial charge in [-0.25, -0.2) is 13.8 Å². The minimum Gasteiger partial charge on any atom is -0.481 e. The number of ether oxygens (including phenoxy) is 2. The lowest BCUT2D eigenvalue weighted by Crippen LogP contribution is -2.09. The van der Waals surface area contributed by atoms with Gasteiger partial charge in [-0.1, -0.05) is 0 Å². The smallest absolute Gasteiger partial charge is 0.310 e. The van der Waals surface area contributed by atoms with Gasteiger partial charge in [0.15, 0.2) is 0 Å². The molecule has 1 aromatic rings. The molecule has 1 aromatic heterocycles. The van der Waals surface area contributed by atoms with Crippen LogP contribution in [0.15, 0.2) is 6.07 Å². The van der Waals surface area contributed by atoms with Gasteiger partial charge in [0.05, 0.1) is 26.2 Å². The predicted molar refractivity (Wildman–Crippen MR) is 56.2 cm³/mol. The summed E-state index contributed by atoms with van der Waals surface area (Å²) in [5.74, 6) is -0.719. The highest BCUT2D eigenvalue weighted by atomic mass is 19.3. The van der Waals surface area contributed by atoms with Crippen molar-refractivity contribution in [3.05, 3.63) is 22.9 Å². The van der Waals surface area contributed by atoms with Crippen LogP contribution < -0.4 is 4.74 Å². The second-order valence-electron chi connectivity index (χ2n) is 3.25. The largest absolute Gasteiger partial charge is 0.481 e. The van der Waals surface area contributed by atoms with Gasteiger partial charge in [-0.2, -0.15) is 5.26 Å². The minimum atomic E-state index is -2.92. The van der Waals surface area contributed by atoms with Crippen LogP contribution in [0.5, 0.6) is 5.88 Å². The number of rotatable bonds is 4. The van der Waals surface area contributed by atoms with Gasteiger partial charge in [0.2, 0.25) is 5.88 Å². The van der Waals surface area contributed by atoms with Gasteiger partial charge in [-0.3, -0.25) is 4.79 Å². The number of nitriles is 1. The van der Waals surface area contributed by atoms with Crippen molar-refractivity contribution in [2.75, 3.05) is 14.2 Å². The molecule has 0 bridgehead atoms. The fourth-order valence-electron chi connectivity index (χ4n) is 1.35. The van der Waals surface area contributed by atoms with E-state index < -0.39 is 18.1 Å². The molecule has 0 aliphatic heterocycles. The predicted octanol–water partition coefficient (Wildman–Crippen LogP) is 1.61. The number of esters is 1. The average molecular weight is 256 g/mol. The molecule has 96 valence electrons. The highest BCUT2D eigenvalue weighted by Gasteiger charge is 2.21. The molecule has 0 N–H and O–H groups in total. The van der Waals surface area contributed by atoms with Gasteiger partial charge >= 0.3 is 5.97 Å². The second-order valence-corrected chi connectivity index (χ2v) is 3.25. The summed E-state index contributed by atoms with van der Waals surface area (Å²) in [6.07, 6.45) is -3.22. The van der Waals surface area contributed by atoms with E-state index in [-0.39, 0.29) is 23.4 Å². The molecular weight excluding hydrogens is 246 g/mol. The molecule has 0 fully saturated rings. The van der Waals surface area contributed by atoms with E-state index in [0.717, 1.165) is 0 Å². The number of hydrogen-bond donors (Lipinski definition) is 0. The van der Waals surface area contributed by atoms with E-state index in [4.69, 9.17) is 10.00 Å². The molecule has 0 amide bonds. The first-order valence-electron chi connectivity index (χ1n) is 4.86. The third-order valence-corrected chi connectivity index (χ3v) is 2.20. The Balaban J connectivity index is 3.34. The van der Waals surface area contributed by atoms with Gasteiger partial charge in [-0.15, -0.1) is 0 Å². The summed E-state index contributed by atoms with van der Waals surface area (Å²) in [6, 6.07) is 2.89. The van der Waals surface area contributed by atoms with Gasteiger partial charge in [0.1, 0.15) is 11.8 Å². The van der Waals surface area contributed by atoms with Gasteiger partial charge in [0.25, 0.3) is 6.43 Å². The third kappa shape index (κ3) is 2.91.